The number of aryl methyl sites for hydroxylation is 2. The minimum absolute atomic E-state index is 0.238. The summed E-state index contributed by atoms with van der Waals surface area (Å²) in [6.07, 6.45) is 0. The molecule has 0 radical (unpaired) electrons. The maximum absolute atomic E-state index is 12.5. The monoisotopic (exact) mass is 451 g/mol. The van der Waals surface area contributed by atoms with E-state index in [1.165, 1.54) is 4.88 Å². The molecule has 1 N–H and O–H groups in total. The van der Waals surface area contributed by atoms with Crippen LogP contribution in [0.5, 0.6) is 0 Å². The Morgan fingerprint density at radius 3 is 2.38 bits per heavy atom. The van der Waals surface area contributed by atoms with Crippen molar-refractivity contribution in [3.05, 3.63) is 48.5 Å². The van der Waals surface area contributed by atoms with Crippen LogP contribution in [-0.4, -0.2) is 8.42 Å². The van der Waals surface area contributed by atoms with Gasteiger partial charge >= 0.3 is 0 Å². The van der Waals surface area contributed by atoms with Gasteiger partial charge in [-0.15, -0.1) is 11.3 Å². The summed E-state index contributed by atoms with van der Waals surface area (Å²) < 4.78 is 29.1. The highest BCUT2D eigenvalue weighted by molar-refractivity contribution is 9.11. The van der Waals surface area contributed by atoms with Crippen molar-refractivity contribution in [1.82, 2.24) is 4.72 Å². The molecule has 1 unspecified atom stereocenters. The highest BCUT2D eigenvalue weighted by Gasteiger charge is 2.22. The Labute approximate surface area is 146 Å². The predicted octanol–water partition coefficient (Wildman–Crippen LogP) is 4.93. The molecule has 2 aromatic rings. The molecule has 21 heavy (non-hydrogen) atoms. The summed E-state index contributed by atoms with van der Waals surface area (Å²) in [6, 6.07) is 6.78. The quantitative estimate of drug-likeness (QED) is 0.714. The normalized spacial score (nSPS) is 13.4. The Morgan fingerprint density at radius 2 is 1.86 bits per heavy atom. The van der Waals surface area contributed by atoms with Crippen LogP contribution < -0.4 is 4.72 Å². The molecule has 1 aromatic heterocycles. The minimum atomic E-state index is -3.58. The van der Waals surface area contributed by atoms with Crippen LogP contribution in [0, 0.1) is 13.8 Å². The van der Waals surface area contributed by atoms with Gasteiger partial charge < -0.3 is 0 Å². The highest BCUT2D eigenvalue weighted by Crippen LogP contribution is 2.29. The standard InChI is InChI=1S/C14H15Br2NO2S2/c1-8-6-12(10(3)20-8)9(2)17-21(18,19)14-5-4-11(15)7-13(14)16/h4-7,9,17H,1-3H3. The molecule has 1 atom stereocenters. The third-order valence-corrected chi connectivity index (χ3v) is 7.05. The number of sulfonamides is 1. The maximum atomic E-state index is 12.5. The summed E-state index contributed by atoms with van der Waals surface area (Å²) >= 11 is 8.29. The molecule has 0 amide bonds. The van der Waals surface area contributed by atoms with Crippen LogP contribution in [0.15, 0.2) is 38.1 Å². The van der Waals surface area contributed by atoms with Gasteiger partial charge in [-0.3, -0.25) is 0 Å². The van der Waals surface area contributed by atoms with E-state index < -0.39 is 10.0 Å². The maximum Gasteiger partial charge on any atom is 0.242 e. The van der Waals surface area contributed by atoms with Crippen LogP contribution in [-0.2, 0) is 10.0 Å². The van der Waals surface area contributed by atoms with Gasteiger partial charge in [0.25, 0.3) is 0 Å². The Bertz CT molecular complexity index is 769. The molecule has 1 heterocycles. The fourth-order valence-corrected chi connectivity index (χ4v) is 6.12. The van der Waals surface area contributed by atoms with E-state index in [9.17, 15) is 8.42 Å². The number of benzene rings is 1. The van der Waals surface area contributed by atoms with Crippen LogP contribution in [0.4, 0.5) is 0 Å². The number of hydrogen-bond acceptors (Lipinski definition) is 3. The average molecular weight is 453 g/mol. The molecule has 0 saturated heterocycles. The summed E-state index contributed by atoms with van der Waals surface area (Å²) in [6.45, 7) is 5.89. The summed E-state index contributed by atoms with van der Waals surface area (Å²) in [4.78, 5) is 2.55. The lowest BCUT2D eigenvalue weighted by molar-refractivity contribution is 0.566. The summed E-state index contributed by atoms with van der Waals surface area (Å²) in [5.74, 6) is 0. The molecule has 1 aromatic carbocycles. The first-order valence-electron chi connectivity index (χ1n) is 6.25. The van der Waals surface area contributed by atoms with Crippen LogP contribution >= 0.6 is 43.2 Å². The van der Waals surface area contributed by atoms with Crippen molar-refractivity contribution in [2.75, 3.05) is 0 Å². The smallest absolute Gasteiger partial charge is 0.207 e. The van der Waals surface area contributed by atoms with E-state index >= 15 is 0 Å². The summed E-state index contributed by atoms with van der Waals surface area (Å²) in [5, 5.41) is 0. The Balaban J connectivity index is 2.31. The van der Waals surface area contributed by atoms with Gasteiger partial charge in [0.2, 0.25) is 10.0 Å². The molecule has 0 aliphatic rings. The van der Waals surface area contributed by atoms with E-state index in [0.717, 1.165) is 14.9 Å². The Morgan fingerprint density at radius 1 is 1.19 bits per heavy atom. The fourth-order valence-electron chi connectivity index (χ4n) is 2.13. The molecule has 3 nitrogen and oxygen atoms in total. The van der Waals surface area contributed by atoms with Crippen molar-refractivity contribution in [2.24, 2.45) is 0 Å². The van der Waals surface area contributed by atoms with Gasteiger partial charge in [-0.25, -0.2) is 13.1 Å². The molecule has 0 saturated carbocycles. The molecule has 0 aliphatic heterocycles. The number of nitrogens with one attached hydrogen (secondary N) is 1. The number of hydrogen-bond donors (Lipinski definition) is 1. The highest BCUT2D eigenvalue weighted by atomic mass is 79.9. The summed E-state index contributed by atoms with van der Waals surface area (Å²) in [5.41, 5.74) is 1.02. The van der Waals surface area contributed by atoms with Gasteiger partial charge in [0.05, 0.1) is 4.90 Å². The third-order valence-electron chi connectivity index (χ3n) is 3.06. The first-order valence-corrected chi connectivity index (χ1v) is 10.1. The molecule has 2 rings (SSSR count). The Kier molecular flexibility index (Phi) is 5.31. The first-order chi connectivity index (χ1) is 9.70. The van der Waals surface area contributed by atoms with Crippen molar-refractivity contribution < 1.29 is 8.42 Å². The van der Waals surface area contributed by atoms with E-state index in [0.29, 0.717) is 4.47 Å². The largest absolute Gasteiger partial charge is 0.242 e. The van der Waals surface area contributed by atoms with E-state index in [1.54, 1.807) is 29.5 Å². The van der Waals surface area contributed by atoms with Crippen molar-refractivity contribution >= 4 is 53.2 Å². The van der Waals surface area contributed by atoms with Gasteiger partial charge in [-0.1, -0.05) is 15.9 Å². The second-order valence-electron chi connectivity index (χ2n) is 4.79. The molecule has 0 bridgehead atoms. The van der Waals surface area contributed by atoms with Crippen molar-refractivity contribution in [2.45, 2.75) is 31.7 Å². The molecule has 7 heteroatoms. The zero-order valence-electron chi connectivity index (χ0n) is 11.8. The second kappa shape index (κ2) is 6.50. The van der Waals surface area contributed by atoms with Gasteiger partial charge in [-0.05, 0) is 66.5 Å². The molecule has 114 valence electrons. The molecular formula is C14H15Br2NO2S2. The third kappa shape index (κ3) is 3.96. The van der Waals surface area contributed by atoms with Crippen LogP contribution in [0.2, 0.25) is 0 Å². The second-order valence-corrected chi connectivity index (χ2v) is 9.70. The average Bonchev–Trinajstić information content (AvgIpc) is 2.67. The first kappa shape index (κ1) is 17.1. The van der Waals surface area contributed by atoms with Gasteiger partial charge in [0, 0.05) is 24.7 Å². The lowest BCUT2D eigenvalue weighted by atomic mass is 10.1. The zero-order chi connectivity index (χ0) is 15.8. The lowest BCUT2D eigenvalue weighted by Gasteiger charge is -2.15. The van der Waals surface area contributed by atoms with Gasteiger partial charge in [-0.2, -0.15) is 0 Å². The predicted molar refractivity (Wildman–Crippen MR) is 94.4 cm³/mol. The molecule has 0 fully saturated rings. The number of thiophene rings is 1. The summed E-state index contributed by atoms with van der Waals surface area (Å²) in [7, 11) is -3.58. The Hall–Kier alpha value is -0.210. The number of halogens is 2. The molecular weight excluding hydrogens is 438 g/mol. The minimum Gasteiger partial charge on any atom is -0.207 e. The molecule has 0 spiro atoms. The van der Waals surface area contributed by atoms with Gasteiger partial charge in [0.15, 0.2) is 0 Å². The van der Waals surface area contributed by atoms with Crippen molar-refractivity contribution in [3.63, 3.8) is 0 Å². The van der Waals surface area contributed by atoms with E-state index in [2.05, 4.69) is 36.6 Å². The zero-order valence-corrected chi connectivity index (χ0v) is 16.6. The fraction of sp³-hybridized carbons (Fsp3) is 0.286. The van der Waals surface area contributed by atoms with Crippen molar-refractivity contribution in [1.29, 1.82) is 0 Å². The van der Waals surface area contributed by atoms with E-state index in [-0.39, 0.29) is 10.9 Å². The topological polar surface area (TPSA) is 46.2 Å². The van der Waals surface area contributed by atoms with Gasteiger partial charge in [0.1, 0.15) is 0 Å². The van der Waals surface area contributed by atoms with Crippen LogP contribution in [0.1, 0.15) is 28.3 Å². The van der Waals surface area contributed by atoms with E-state index in [1.807, 2.05) is 26.8 Å². The van der Waals surface area contributed by atoms with Crippen LogP contribution in [0.3, 0.4) is 0 Å². The van der Waals surface area contributed by atoms with E-state index in [4.69, 9.17) is 0 Å². The SMILES string of the molecule is Cc1cc(C(C)NS(=O)(=O)c2ccc(Br)cc2Br)c(C)s1. The van der Waals surface area contributed by atoms with Crippen molar-refractivity contribution in [3.8, 4) is 0 Å². The number of rotatable bonds is 4. The lowest BCUT2D eigenvalue weighted by Crippen LogP contribution is -2.27. The molecule has 0 aliphatic carbocycles. The van der Waals surface area contributed by atoms with Crippen LogP contribution in [0.25, 0.3) is 0 Å².